The molecule has 1 fully saturated rings. The van der Waals surface area contributed by atoms with Crippen molar-refractivity contribution in [2.24, 2.45) is 0 Å². The van der Waals surface area contributed by atoms with Gasteiger partial charge in [-0.25, -0.2) is 4.39 Å². The maximum atomic E-state index is 13.8. The molecule has 0 spiro atoms. The normalized spacial score (nSPS) is 14.1. The molecule has 0 aromatic heterocycles. The zero-order chi connectivity index (χ0) is 18.7. The Balaban J connectivity index is 1.72. The van der Waals surface area contributed by atoms with Gasteiger partial charge in [0, 0.05) is 31.7 Å². The summed E-state index contributed by atoms with van der Waals surface area (Å²) in [6.45, 7) is 4.04. The standard InChI is InChI=1S/C20H20FN3O2/c1-14-12-15(26-2)6-7-16(14)20(25)24-10-8-23(9-11-24)19-5-3-4-18(21)17(19)13-22/h3-7,12H,8-11H2,1-2H3. The first-order chi connectivity index (χ1) is 12.5. The first-order valence-corrected chi connectivity index (χ1v) is 8.42. The number of hydrogen-bond donors (Lipinski definition) is 0. The van der Waals surface area contributed by atoms with Crippen LogP contribution in [0.5, 0.6) is 5.75 Å². The Hall–Kier alpha value is -3.07. The summed E-state index contributed by atoms with van der Waals surface area (Å²) in [6.07, 6.45) is 0. The number of nitriles is 1. The predicted octanol–water partition coefficient (Wildman–Crippen LogP) is 2.98. The number of carbonyl (C=O) groups excluding carboxylic acids is 1. The van der Waals surface area contributed by atoms with Crippen LogP contribution in [-0.4, -0.2) is 44.1 Å². The topological polar surface area (TPSA) is 56.6 Å². The van der Waals surface area contributed by atoms with Crippen molar-refractivity contribution in [3.8, 4) is 11.8 Å². The smallest absolute Gasteiger partial charge is 0.254 e. The Morgan fingerprint density at radius 3 is 2.54 bits per heavy atom. The monoisotopic (exact) mass is 353 g/mol. The molecule has 0 radical (unpaired) electrons. The van der Waals surface area contributed by atoms with Crippen LogP contribution in [0.15, 0.2) is 36.4 Å². The molecule has 26 heavy (non-hydrogen) atoms. The lowest BCUT2D eigenvalue weighted by Gasteiger charge is -2.36. The van der Waals surface area contributed by atoms with Crippen molar-refractivity contribution in [3.05, 3.63) is 58.9 Å². The second kappa shape index (κ2) is 7.44. The van der Waals surface area contributed by atoms with E-state index in [9.17, 15) is 14.4 Å². The second-order valence-electron chi connectivity index (χ2n) is 6.21. The number of rotatable bonds is 3. The zero-order valence-electron chi connectivity index (χ0n) is 14.8. The van der Waals surface area contributed by atoms with Crippen LogP contribution >= 0.6 is 0 Å². The molecular formula is C20H20FN3O2. The third-order valence-corrected chi connectivity index (χ3v) is 4.67. The molecule has 1 amide bonds. The van der Waals surface area contributed by atoms with E-state index in [1.54, 1.807) is 36.3 Å². The highest BCUT2D eigenvalue weighted by Crippen LogP contribution is 2.25. The molecule has 0 atom stereocenters. The Morgan fingerprint density at radius 2 is 1.92 bits per heavy atom. The largest absolute Gasteiger partial charge is 0.497 e. The second-order valence-corrected chi connectivity index (χ2v) is 6.21. The average Bonchev–Trinajstić information content (AvgIpc) is 2.67. The maximum absolute atomic E-state index is 13.8. The lowest BCUT2D eigenvalue weighted by atomic mass is 10.1. The van der Waals surface area contributed by atoms with E-state index < -0.39 is 5.82 Å². The summed E-state index contributed by atoms with van der Waals surface area (Å²) in [5.41, 5.74) is 2.16. The lowest BCUT2D eigenvalue weighted by Crippen LogP contribution is -2.49. The highest BCUT2D eigenvalue weighted by molar-refractivity contribution is 5.96. The van der Waals surface area contributed by atoms with Gasteiger partial charge in [-0.3, -0.25) is 4.79 Å². The van der Waals surface area contributed by atoms with Gasteiger partial charge < -0.3 is 14.5 Å². The molecule has 2 aromatic rings. The van der Waals surface area contributed by atoms with Gasteiger partial charge in [0.1, 0.15) is 23.2 Å². The van der Waals surface area contributed by atoms with E-state index in [2.05, 4.69) is 0 Å². The SMILES string of the molecule is COc1ccc(C(=O)N2CCN(c3cccc(F)c3C#N)CC2)c(C)c1. The Labute approximate surface area is 152 Å². The Kier molecular flexibility index (Phi) is 5.08. The highest BCUT2D eigenvalue weighted by atomic mass is 19.1. The van der Waals surface area contributed by atoms with E-state index in [4.69, 9.17) is 4.74 Å². The Bertz CT molecular complexity index is 868. The number of amides is 1. The van der Waals surface area contributed by atoms with Crippen LogP contribution in [0, 0.1) is 24.1 Å². The van der Waals surface area contributed by atoms with Gasteiger partial charge in [0.15, 0.2) is 0 Å². The van der Waals surface area contributed by atoms with Crippen molar-refractivity contribution in [1.29, 1.82) is 5.26 Å². The van der Waals surface area contributed by atoms with Crippen molar-refractivity contribution in [2.75, 3.05) is 38.2 Å². The number of halogens is 1. The molecule has 134 valence electrons. The summed E-state index contributed by atoms with van der Waals surface area (Å²) >= 11 is 0. The van der Waals surface area contributed by atoms with Crippen molar-refractivity contribution < 1.29 is 13.9 Å². The van der Waals surface area contributed by atoms with Crippen LogP contribution in [0.3, 0.4) is 0 Å². The fourth-order valence-electron chi connectivity index (χ4n) is 3.21. The van der Waals surface area contributed by atoms with Gasteiger partial charge in [-0.2, -0.15) is 5.26 Å². The van der Waals surface area contributed by atoms with E-state index in [1.165, 1.54) is 6.07 Å². The summed E-state index contributed by atoms with van der Waals surface area (Å²) in [7, 11) is 1.59. The minimum atomic E-state index is -0.516. The van der Waals surface area contributed by atoms with Crippen LogP contribution in [0.2, 0.25) is 0 Å². The third-order valence-electron chi connectivity index (χ3n) is 4.67. The van der Waals surface area contributed by atoms with Gasteiger partial charge in [-0.15, -0.1) is 0 Å². The molecule has 6 heteroatoms. The molecule has 1 aliphatic heterocycles. The number of carbonyl (C=O) groups is 1. The number of nitrogens with zero attached hydrogens (tertiary/aromatic N) is 3. The fraction of sp³-hybridized carbons (Fsp3) is 0.300. The molecule has 0 N–H and O–H groups in total. The van der Waals surface area contributed by atoms with E-state index in [-0.39, 0.29) is 11.5 Å². The van der Waals surface area contributed by atoms with Crippen LogP contribution in [0.1, 0.15) is 21.5 Å². The first kappa shape index (κ1) is 17.7. The number of ether oxygens (including phenoxy) is 1. The molecule has 0 bridgehead atoms. The summed E-state index contributed by atoms with van der Waals surface area (Å²) < 4.78 is 19.0. The third kappa shape index (κ3) is 3.33. The van der Waals surface area contributed by atoms with E-state index >= 15 is 0 Å². The molecule has 1 heterocycles. The van der Waals surface area contributed by atoms with Crippen LogP contribution < -0.4 is 9.64 Å². The fourth-order valence-corrected chi connectivity index (χ4v) is 3.21. The van der Waals surface area contributed by atoms with E-state index in [1.807, 2.05) is 24.0 Å². The molecule has 3 rings (SSSR count). The first-order valence-electron chi connectivity index (χ1n) is 8.42. The zero-order valence-corrected chi connectivity index (χ0v) is 14.8. The summed E-state index contributed by atoms with van der Waals surface area (Å²) in [5, 5.41) is 9.20. The minimum Gasteiger partial charge on any atom is -0.497 e. The number of methoxy groups -OCH3 is 1. The summed E-state index contributed by atoms with van der Waals surface area (Å²) in [5.74, 6) is 0.181. The molecule has 1 aliphatic rings. The maximum Gasteiger partial charge on any atom is 0.254 e. The number of anilines is 1. The van der Waals surface area contributed by atoms with E-state index in [0.29, 0.717) is 37.4 Å². The van der Waals surface area contributed by atoms with Crippen molar-refractivity contribution >= 4 is 11.6 Å². The number of benzene rings is 2. The van der Waals surface area contributed by atoms with Gasteiger partial charge in [0.25, 0.3) is 5.91 Å². The summed E-state index contributed by atoms with van der Waals surface area (Å²) in [6, 6.07) is 12.0. The highest BCUT2D eigenvalue weighted by Gasteiger charge is 2.25. The van der Waals surface area contributed by atoms with Crippen molar-refractivity contribution in [1.82, 2.24) is 4.90 Å². The predicted molar refractivity (Wildman–Crippen MR) is 97.0 cm³/mol. The van der Waals surface area contributed by atoms with Gasteiger partial charge >= 0.3 is 0 Å². The Morgan fingerprint density at radius 1 is 1.19 bits per heavy atom. The van der Waals surface area contributed by atoms with Crippen LogP contribution in [0.25, 0.3) is 0 Å². The molecule has 0 unspecified atom stereocenters. The number of aryl methyl sites for hydroxylation is 1. The average molecular weight is 353 g/mol. The molecule has 5 nitrogen and oxygen atoms in total. The van der Waals surface area contributed by atoms with Gasteiger partial charge in [-0.1, -0.05) is 6.07 Å². The molecule has 0 aliphatic carbocycles. The van der Waals surface area contributed by atoms with Gasteiger partial charge in [-0.05, 0) is 42.8 Å². The van der Waals surface area contributed by atoms with Gasteiger partial charge in [0.05, 0.1) is 12.8 Å². The summed E-state index contributed by atoms with van der Waals surface area (Å²) in [4.78, 5) is 16.5. The minimum absolute atomic E-state index is 0.0236. The molecule has 0 saturated carbocycles. The van der Waals surface area contributed by atoms with Crippen molar-refractivity contribution in [2.45, 2.75) is 6.92 Å². The molecule has 2 aromatic carbocycles. The van der Waals surface area contributed by atoms with Gasteiger partial charge in [0.2, 0.25) is 0 Å². The van der Waals surface area contributed by atoms with Crippen LogP contribution in [-0.2, 0) is 0 Å². The number of piperazine rings is 1. The lowest BCUT2D eigenvalue weighted by molar-refractivity contribution is 0.0746. The van der Waals surface area contributed by atoms with E-state index in [0.717, 1.165) is 11.3 Å². The molecular weight excluding hydrogens is 333 g/mol. The number of hydrogen-bond acceptors (Lipinski definition) is 4. The molecule has 1 saturated heterocycles. The van der Waals surface area contributed by atoms with Crippen molar-refractivity contribution in [3.63, 3.8) is 0 Å². The quantitative estimate of drug-likeness (QED) is 0.851. The van der Waals surface area contributed by atoms with Crippen LogP contribution in [0.4, 0.5) is 10.1 Å².